The lowest BCUT2D eigenvalue weighted by Gasteiger charge is -2.09. The molecule has 0 bridgehead atoms. The average Bonchev–Trinajstić information content (AvgIpc) is 3.21. The first-order valence-corrected chi connectivity index (χ1v) is 8.94. The predicted molar refractivity (Wildman–Crippen MR) is 105 cm³/mol. The fraction of sp³-hybridized carbons (Fsp3) is 0.200. The van der Waals surface area contributed by atoms with Gasteiger partial charge in [-0.3, -0.25) is 0 Å². The third-order valence-corrected chi connectivity index (χ3v) is 4.45. The van der Waals surface area contributed by atoms with Crippen molar-refractivity contribution in [2.75, 3.05) is 12.3 Å². The first kappa shape index (κ1) is 17.7. The topological polar surface area (TPSA) is 100 Å². The van der Waals surface area contributed by atoms with Crippen LogP contribution in [-0.2, 0) is 4.74 Å². The van der Waals surface area contributed by atoms with Crippen LogP contribution in [0.3, 0.4) is 0 Å². The first-order chi connectivity index (χ1) is 13.5. The molecule has 4 aromatic rings. The summed E-state index contributed by atoms with van der Waals surface area (Å²) >= 11 is 0. The number of nitrogens with two attached hydrogens (primary N) is 1. The van der Waals surface area contributed by atoms with Gasteiger partial charge in [0.15, 0.2) is 11.5 Å². The van der Waals surface area contributed by atoms with Crippen LogP contribution in [0.15, 0.2) is 42.6 Å². The highest BCUT2D eigenvalue weighted by molar-refractivity contribution is 5.94. The van der Waals surface area contributed by atoms with Crippen molar-refractivity contribution < 1.29 is 9.53 Å². The van der Waals surface area contributed by atoms with Gasteiger partial charge in [-0.25, -0.2) is 9.78 Å². The second-order valence-corrected chi connectivity index (χ2v) is 6.39. The van der Waals surface area contributed by atoms with Crippen molar-refractivity contribution >= 4 is 17.4 Å². The summed E-state index contributed by atoms with van der Waals surface area (Å²) in [6.45, 7) is 5.84. The molecule has 3 heterocycles. The minimum absolute atomic E-state index is 0.194. The van der Waals surface area contributed by atoms with E-state index in [9.17, 15) is 4.79 Å². The fourth-order valence-electron chi connectivity index (χ4n) is 3.23. The molecule has 0 fully saturated rings. The lowest BCUT2D eigenvalue weighted by molar-refractivity contribution is 0.0527. The summed E-state index contributed by atoms with van der Waals surface area (Å²) in [6, 6.07) is 11.8. The Morgan fingerprint density at radius 1 is 1.21 bits per heavy atom. The molecule has 0 aliphatic carbocycles. The maximum absolute atomic E-state index is 12.1. The lowest BCUT2D eigenvalue weighted by Crippen LogP contribution is -2.12. The fourth-order valence-corrected chi connectivity index (χ4v) is 3.23. The lowest BCUT2D eigenvalue weighted by atomic mass is 10.1. The predicted octanol–water partition coefficient (Wildman–Crippen LogP) is 2.96. The molecular formula is C20H20N6O2. The Bertz CT molecular complexity index is 1180. The number of ether oxygens (including phenoxy) is 1. The Balaban J connectivity index is 1.94. The molecule has 8 nitrogen and oxygen atoms in total. The SMILES string of the molecule is CCOC(=O)c1cnn(-c2cc(C)nc3c(-c4ccccc4)c(C)nn23)c1N. The van der Waals surface area contributed by atoms with Crippen molar-refractivity contribution in [3.63, 3.8) is 0 Å². The number of carbonyl (C=O) groups excluding carboxylic acids is 1. The van der Waals surface area contributed by atoms with Crippen molar-refractivity contribution in [3.05, 3.63) is 59.5 Å². The highest BCUT2D eigenvalue weighted by Crippen LogP contribution is 2.29. The highest BCUT2D eigenvalue weighted by atomic mass is 16.5. The maximum atomic E-state index is 12.1. The Kier molecular flexibility index (Phi) is 4.31. The van der Waals surface area contributed by atoms with Crippen LogP contribution in [0, 0.1) is 13.8 Å². The Morgan fingerprint density at radius 2 is 1.96 bits per heavy atom. The van der Waals surface area contributed by atoms with Gasteiger partial charge in [-0.05, 0) is 26.3 Å². The molecule has 0 atom stereocenters. The van der Waals surface area contributed by atoms with Crippen LogP contribution in [0.25, 0.3) is 22.6 Å². The molecule has 1 aromatic carbocycles. The van der Waals surface area contributed by atoms with Gasteiger partial charge < -0.3 is 10.5 Å². The minimum atomic E-state index is -0.505. The number of benzene rings is 1. The van der Waals surface area contributed by atoms with Gasteiger partial charge in [0, 0.05) is 17.3 Å². The number of aryl methyl sites for hydroxylation is 2. The van der Waals surface area contributed by atoms with E-state index in [4.69, 9.17) is 10.5 Å². The minimum Gasteiger partial charge on any atom is -0.462 e. The van der Waals surface area contributed by atoms with E-state index >= 15 is 0 Å². The Labute approximate surface area is 161 Å². The number of hydrogen-bond acceptors (Lipinski definition) is 6. The average molecular weight is 376 g/mol. The molecule has 0 radical (unpaired) electrons. The maximum Gasteiger partial charge on any atom is 0.343 e. The largest absolute Gasteiger partial charge is 0.462 e. The van der Waals surface area contributed by atoms with Gasteiger partial charge in [-0.2, -0.15) is 19.4 Å². The monoisotopic (exact) mass is 376 g/mol. The van der Waals surface area contributed by atoms with Crippen molar-refractivity contribution in [2.24, 2.45) is 0 Å². The number of nitrogens with zero attached hydrogens (tertiary/aromatic N) is 5. The number of aromatic nitrogens is 5. The number of esters is 1. The van der Waals surface area contributed by atoms with Crippen LogP contribution >= 0.6 is 0 Å². The van der Waals surface area contributed by atoms with Gasteiger partial charge in [0.1, 0.15) is 11.4 Å². The van der Waals surface area contributed by atoms with E-state index in [2.05, 4.69) is 15.2 Å². The number of hydrogen-bond donors (Lipinski definition) is 1. The zero-order valence-electron chi connectivity index (χ0n) is 15.9. The van der Waals surface area contributed by atoms with Gasteiger partial charge in [0.25, 0.3) is 0 Å². The summed E-state index contributed by atoms with van der Waals surface area (Å²) in [5, 5.41) is 8.95. The molecule has 0 saturated heterocycles. The third kappa shape index (κ3) is 2.79. The molecule has 8 heteroatoms. The number of rotatable bonds is 4. The Morgan fingerprint density at radius 3 is 2.68 bits per heavy atom. The molecule has 0 spiro atoms. The standard InChI is InChI=1S/C20H20N6O2/c1-4-28-20(27)15-11-22-25(18(15)21)16-10-12(2)23-19-17(13(3)24-26(16)19)14-8-6-5-7-9-14/h5-11H,4,21H2,1-3H3. The molecular weight excluding hydrogens is 356 g/mol. The molecule has 0 saturated carbocycles. The normalized spacial score (nSPS) is 11.1. The van der Waals surface area contributed by atoms with E-state index in [1.165, 1.54) is 10.9 Å². The Hall–Kier alpha value is -3.68. The molecule has 0 amide bonds. The van der Waals surface area contributed by atoms with Crippen molar-refractivity contribution in [1.82, 2.24) is 24.4 Å². The van der Waals surface area contributed by atoms with Gasteiger partial charge >= 0.3 is 5.97 Å². The van der Waals surface area contributed by atoms with E-state index in [0.717, 1.165) is 22.5 Å². The highest BCUT2D eigenvalue weighted by Gasteiger charge is 2.21. The summed E-state index contributed by atoms with van der Waals surface area (Å²) in [7, 11) is 0. The van der Waals surface area contributed by atoms with E-state index in [1.54, 1.807) is 11.4 Å². The molecule has 2 N–H and O–H groups in total. The summed E-state index contributed by atoms with van der Waals surface area (Å²) in [5.74, 6) is 0.287. The van der Waals surface area contributed by atoms with Gasteiger partial charge in [-0.15, -0.1) is 0 Å². The van der Waals surface area contributed by atoms with E-state index < -0.39 is 5.97 Å². The number of carbonyl (C=O) groups is 1. The van der Waals surface area contributed by atoms with Crippen LogP contribution in [0.5, 0.6) is 0 Å². The summed E-state index contributed by atoms with van der Waals surface area (Å²) in [4.78, 5) is 16.8. The van der Waals surface area contributed by atoms with Crippen molar-refractivity contribution in [2.45, 2.75) is 20.8 Å². The summed E-state index contributed by atoms with van der Waals surface area (Å²) in [6.07, 6.45) is 1.41. The second-order valence-electron chi connectivity index (χ2n) is 6.39. The van der Waals surface area contributed by atoms with Crippen LogP contribution in [-0.4, -0.2) is 37.0 Å². The van der Waals surface area contributed by atoms with Gasteiger partial charge in [0.2, 0.25) is 0 Å². The van der Waals surface area contributed by atoms with Crippen LogP contribution in [0.1, 0.15) is 28.7 Å². The van der Waals surface area contributed by atoms with E-state index in [1.807, 2.05) is 50.2 Å². The number of fused-ring (bicyclic) bond motifs is 1. The zero-order chi connectivity index (χ0) is 19.8. The van der Waals surface area contributed by atoms with E-state index in [0.29, 0.717) is 11.5 Å². The van der Waals surface area contributed by atoms with Gasteiger partial charge in [-0.1, -0.05) is 30.3 Å². The van der Waals surface area contributed by atoms with Crippen molar-refractivity contribution in [3.8, 4) is 16.9 Å². The van der Waals surface area contributed by atoms with Crippen molar-refractivity contribution in [1.29, 1.82) is 0 Å². The molecule has 28 heavy (non-hydrogen) atoms. The van der Waals surface area contributed by atoms with E-state index in [-0.39, 0.29) is 18.0 Å². The second kappa shape index (κ2) is 6.80. The van der Waals surface area contributed by atoms with Gasteiger partial charge in [0.05, 0.1) is 18.5 Å². The van der Waals surface area contributed by atoms with Crippen LogP contribution in [0.4, 0.5) is 5.82 Å². The quantitative estimate of drug-likeness (QED) is 0.550. The summed E-state index contributed by atoms with van der Waals surface area (Å²) in [5.41, 5.74) is 10.7. The third-order valence-electron chi connectivity index (χ3n) is 4.45. The smallest absolute Gasteiger partial charge is 0.343 e. The first-order valence-electron chi connectivity index (χ1n) is 8.94. The van der Waals surface area contributed by atoms with Crippen LogP contribution in [0.2, 0.25) is 0 Å². The summed E-state index contributed by atoms with van der Waals surface area (Å²) < 4.78 is 8.22. The molecule has 0 aliphatic rings. The van der Waals surface area contributed by atoms with Crippen LogP contribution < -0.4 is 5.73 Å². The number of anilines is 1. The molecule has 3 aromatic heterocycles. The zero-order valence-corrected chi connectivity index (χ0v) is 15.9. The molecule has 4 rings (SSSR count). The molecule has 0 aliphatic heterocycles. The number of nitrogen functional groups attached to an aromatic ring is 1. The molecule has 142 valence electrons. The molecule has 0 unspecified atom stereocenters.